The Morgan fingerprint density at radius 1 is 1.14 bits per heavy atom. The first-order valence-electron chi connectivity index (χ1n) is 9.51. The molecule has 6 nitrogen and oxygen atoms in total. The molecule has 1 aromatic heterocycles. The van der Waals surface area contributed by atoms with Gasteiger partial charge in [0.05, 0.1) is 30.4 Å². The average Bonchev–Trinajstić information content (AvgIpc) is 2.72. The van der Waals surface area contributed by atoms with Crippen LogP contribution in [0.15, 0.2) is 48.5 Å². The minimum atomic E-state index is -0.244. The van der Waals surface area contributed by atoms with Gasteiger partial charge in [-0.2, -0.15) is 0 Å². The molecule has 0 bridgehead atoms. The minimum Gasteiger partial charge on any atom is -0.497 e. The third-order valence-corrected chi connectivity index (χ3v) is 4.85. The Balaban J connectivity index is 1.75. The largest absolute Gasteiger partial charge is 0.497 e. The molecule has 3 aromatic rings. The zero-order valence-corrected chi connectivity index (χ0v) is 17.2. The summed E-state index contributed by atoms with van der Waals surface area (Å²) in [5.41, 5.74) is 3.68. The maximum atomic E-state index is 12.9. The number of nitrogens with one attached hydrogen (secondary N) is 1. The number of carbonyl (C=O) groups is 2. The van der Waals surface area contributed by atoms with Crippen molar-refractivity contribution < 1.29 is 14.3 Å². The minimum absolute atomic E-state index is 0.0447. The summed E-state index contributed by atoms with van der Waals surface area (Å²) in [4.78, 5) is 31.3. The number of amides is 2. The Morgan fingerprint density at radius 2 is 1.90 bits per heavy atom. The monoisotopic (exact) mass is 391 g/mol. The number of aromatic nitrogens is 1. The summed E-state index contributed by atoms with van der Waals surface area (Å²) < 4.78 is 5.23. The lowest BCUT2D eigenvalue weighted by Gasteiger charge is -2.19. The van der Waals surface area contributed by atoms with E-state index in [4.69, 9.17) is 4.74 Å². The molecule has 0 aliphatic heterocycles. The number of para-hydroxylation sites is 1. The SMILES string of the molecule is CCc1ccccc1NC(=O)CN(C)C(=O)c1cc2ccc(OC)cc2nc1C. The van der Waals surface area contributed by atoms with Crippen LogP contribution in [0.25, 0.3) is 10.9 Å². The predicted octanol–water partition coefficient (Wildman–Crippen LogP) is 3.82. The molecule has 29 heavy (non-hydrogen) atoms. The number of aryl methyl sites for hydroxylation is 2. The highest BCUT2D eigenvalue weighted by molar-refractivity contribution is 6.01. The van der Waals surface area contributed by atoms with E-state index in [9.17, 15) is 9.59 Å². The van der Waals surface area contributed by atoms with Gasteiger partial charge in [0.2, 0.25) is 5.91 Å². The number of nitrogens with zero attached hydrogens (tertiary/aromatic N) is 2. The van der Waals surface area contributed by atoms with Crippen molar-refractivity contribution in [1.29, 1.82) is 0 Å². The Labute approximate surface area is 170 Å². The highest BCUT2D eigenvalue weighted by Gasteiger charge is 2.19. The molecule has 0 saturated carbocycles. The van der Waals surface area contributed by atoms with Gasteiger partial charge in [0.1, 0.15) is 5.75 Å². The first-order chi connectivity index (χ1) is 13.9. The predicted molar refractivity (Wildman–Crippen MR) is 114 cm³/mol. The molecule has 2 aromatic carbocycles. The van der Waals surface area contributed by atoms with Gasteiger partial charge in [-0.05, 0) is 43.2 Å². The van der Waals surface area contributed by atoms with Crippen LogP contribution in [-0.4, -0.2) is 42.4 Å². The fourth-order valence-electron chi connectivity index (χ4n) is 3.22. The van der Waals surface area contributed by atoms with E-state index in [-0.39, 0.29) is 18.4 Å². The molecule has 1 heterocycles. The summed E-state index contributed by atoms with van der Waals surface area (Å²) in [5.74, 6) is 0.231. The van der Waals surface area contributed by atoms with Crippen LogP contribution in [0.5, 0.6) is 5.75 Å². The van der Waals surface area contributed by atoms with E-state index in [0.717, 1.165) is 28.6 Å². The van der Waals surface area contributed by atoms with E-state index in [0.29, 0.717) is 17.0 Å². The number of pyridine rings is 1. The van der Waals surface area contributed by atoms with E-state index in [1.54, 1.807) is 27.1 Å². The van der Waals surface area contributed by atoms with E-state index in [1.807, 2.05) is 49.4 Å². The Bertz CT molecular complexity index is 1060. The molecule has 0 fully saturated rings. The summed E-state index contributed by atoms with van der Waals surface area (Å²) in [7, 11) is 3.22. The highest BCUT2D eigenvalue weighted by atomic mass is 16.5. The Kier molecular flexibility index (Phi) is 6.12. The van der Waals surface area contributed by atoms with E-state index >= 15 is 0 Å². The maximum Gasteiger partial charge on any atom is 0.255 e. The third kappa shape index (κ3) is 4.54. The van der Waals surface area contributed by atoms with Gasteiger partial charge in [-0.3, -0.25) is 14.6 Å². The first-order valence-corrected chi connectivity index (χ1v) is 9.51. The standard InChI is InChI=1S/C23H25N3O3/c1-5-16-8-6-7-9-20(16)25-22(27)14-26(3)23(28)19-12-17-10-11-18(29-4)13-21(17)24-15(19)2/h6-13H,5,14H2,1-4H3,(H,25,27). The van der Waals surface area contributed by atoms with Gasteiger partial charge in [-0.15, -0.1) is 0 Å². The molecular formula is C23H25N3O3. The van der Waals surface area contributed by atoms with Crippen molar-refractivity contribution >= 4 is 28.4 Å². The summed E-state index contributed by atoms with van der Waals surface area (Å²) in [6.45, 7) is 3.78. The second kappa shape index (κ2) is 8.73. The number of carbonyl (C=O) groups excluding carboxylic acids is 2. The lowest BCUT2D eigenvalue weighted by Crippen LogP contribution is -2.35. The lowest BCUT2D eigenvalue weighted by atomic mass is 10.1. The highest BCUT2D eigenvalue weighted by Crippen LogP contribution is 2.22. The van der Waals surface area contributed by atoms with E-state index in [2.05, 4.69) is 10.3 Å². The normalized spacial score (nSPS) is 10.6. The van der Waals surface area contributed by atoms with Gasteiger partial charge < -0.3 is 15.0 Å². The maximum absolute atomic E-state index is 12.9. The van der Waals surface area contributed by atoms with Crippen LogP contribution in [0.3, 0.4) is 0 Å². The second-order valence-corrected chi connectivity index (χ2v) is 6.90. The number of hydrogen-bond acceptors (Lipinski definition) is 4. The molecule has 0 radical (unpaired) electrons. The van der Waals surface area contributed by atoms with Crippen LogP contribution < -0.4 is 10.1 Å². The molecule has 0 saturated heterocycles. The van der Waals surface area contributed by atoms with Crippen LogP contribution in [0, 0.1) is 6.92 Å². The van der Waals surface area contributed by atoms with Gasteiger partial charge in [-0.25, -0.2) is 0 Å². The van der Waals surface area contributed by atoms with Crippen molar-refractivity contribution in [3.05, 3.63) is 65.4 Å². The number of methoxy groups -OCH3 is 1. The number of ether oxygens (including phenoxy) is 1. The lowest BCUT2D eigenvalue weighted by molar-refractivity contribution is -0.116. The molecule has 0 spiro atoms. The molecule has 6 heteroatoms. The summed E-state index contributed by atoms with van der Waals surface area (Å²) in [6.07, 6.45) is 0.817. The Hall–Kier alpha value is -3.41. The Morgan fingerprint density at radius 3 is 2.62 bits per heavy atom. The summed E-state index contributed by atoms with van der Waals surface area (Å²) in [5, 5.41) is 3.74. The fourth-order valence-corrected chi connectivity index (χ4v) is 3.22. The molecule has 2 amide bonds. The smallest absolute Gasteiger partial charge is 0.255 e. The topological polar surface area (TPSA) is 71.5 Å². The fraction of sp³-hybridized carbons (Fsp3) is 0.261. The van der Waals surface area contributed by atoms with Gasteiger partial charge in [0.15, 0.2) is 0 Å². The van der Waals surface area contributed by atoms with Crippen LogP contribution >= 0.6 is 0 Å². The van der Waals surface area contributed by atoms with Gasteiger partial charge in [0.25, 0.3) is 5.91 Å². The molecule has 0 aliphatic carbocycles. The van der Waals surface area contributed by atoms with Gasteiger partial charge in [-0.1, -0.05) is 25.1 Å². The molecule has 0 unspecified atom stereocenters. The quantitative estimate of drug-likeness (QED) is 0.693. The van der Waals surface area contributed by atoms with Crippen LogP contribution in [0.1, 0.15) is 28.5 Å². The zero-order valence-electron chi connectivity index (χ0n) is 17.2. The molecule has 0 aliphatic rings. The first kappa shape index (κ1) is 20.3. The van der Waals surface area contributed by atoms with Crippen LogP contribution in [0.2, 0.25) is 0 Å². The molecule has 1 N–H and O–H groups in total. The van der Waals surface area contributed by atoms with Crippen molar-refractivity contribution in [3.63, 3.8) is 0 Å². The second-order valence-electron chi connectivity index (χ2n) is 6.90. The molecule has 0 atom stereocenters. The van der Waals surface area contributed by atoms with Crippen molar-refractivity contribution in [2.24, 2.45) is 0 Å². The molecule has 150 valence electrons. The number of likely N-dealkylation sites (N-methyl/N-ethyl adjacent to an activating group) is 1. The average molecular weight is 391 g/mol. The van der Waals surface area contributed by atoms with E-state index in [1.165, 1.54) is 4.90 Å². The van der Waals surface area contributed by atoms with Crippen LogP contribution in [0.4, 0.5) is 5.69 Å². The number of rotatable bonds is 6. The number of anilines is 1. The van der Waals surface area contributed by atoms with Crippen molar-refractivity contribution in [3.8, 4) is 5.75 Å². The molecule has 3 rings (SSSR count). The van der Waals surface area contributed by atoms with Crippen molar-refractivity contribution in [1.82, 2.24) is 9.88 Å². The van der Waals surface area contributed by atoms with Gasteiger partial charge >= 0.3 is 0 Å². The zero-order chi connectivity index (χ0) is 21.0. The van der Waals surface area contributed by atoms with E-state index < -0.39 is 0 Å². The number of benzene rings is 2. The van der Waals surface area contributed by atoms with Gasteiger partial charge in [0, 0.05) is 24.2 Å². The summed E-state index contributed by atoms with van der Waals surface area (Å²) in [6, 6.07) is 15.0. The van der Waals surface area contributed by atoms with Crippen molar-refractivity contribution in [2.45, 2.75) is 20.3 Å². The third-order valence-electron chi connectivity index (χ3n) is 4.85. The van der Waals surface area contributed by atoms with Crippen LogP contribution in [-0.2, 0) is 11.2 Å². The molecular weight excluding hydrogens is 366 g/mol. The van der Waals surface area contributed by atoms with Crippen molar-refractivity contribution in [2.75, 3.05) is 26.0 Å². The summed E-state index contributed by atoms with van der Waals surface area (Å²) >= 11 is 0. The number of fused-ring (bicyclic) bond motifs is 1. The number of hydrogen-bond donors (Lipinski definition) is 1.